The van der Waals surface area contributed by atoms with Crippen LogP contribution >= 0.6 is 0 Å². The predicted molar refractivity (Wildman–Crippen MR) is 91.6 cm³/mol. The third-order valence-electron chi connectivity index (χ3n) is 4.61. The topological polar surface area (TPSA) is 29.3 Å². The Balaban J connectivity index is 2.11. The Morgan fingerprint density at radius 3 is 2.33 bits per heavy atom. The molecule has 2 nitrogen and oxygen atoms in total. The van der Waals surface area contributed by atoms with Crippen molar-refractivity contribution in [2.45, 2.75) is 64.3 Å². The normalized spacial score (nSPS) is 16.4. The van der Waals surface area contributed by atoms with Gasteiger partial charge in [-0.1, -0.05) is 51.0 Å². The van der Waals surface area contributed by atoms with Crippen LogP contribution < -0.4 is 5.73 Å². The summed E-state index contributed by atoms with van der Waals surface area (Å²) in [6.07, 6.45) is 7.77. The summed E-state index contributed by atoms with van der Waals surface area (Å²) in [6, 6.07) is 9.59. The lowest BCUT2D eigenvalue weighted by Gasteiger charge is -2.31. The van der Waals surface area contributed by atoms with Crippen molar-refractivity contribution in [3.63, 3.8) is 0 Å². The molecule has 1 atom stereocenters. The standard InChI is InChI=1S/C19H32N2/c1-3-5-12-21(13-6-4-2)19(15-20)18-9-7-8-17(14-18)16-10-11-16/h7-9,14,16,19H,3-6,10-13,15,20H2,1-2H3. The molecule has 21 heavy (non-hydrogen) atoms. The second-order valence-electron chi connectivity index (χ2n) is 6.44. The van der Waals surface area contributed by atoms with Gasteiger partial charge in [-0.3, -0.25) is 4.90 Å². The fourth-order valence-electron chi connectivity index (χ4n) is 3.08. The Morgan fingerprint density at radius 1 is 1.14 bits per heavy atom. The van der Waals surface area contributed by atoms with Crippen molar-refractivity contribution in [2.24, 2.45) is 5.73 Å². The number of hydrogen-bond donors (Lipinski definition) is 1. The van der Waals surface area contributed by atoms with E-state index in [-0.39, 0.29) is 0 Å². The Kier molecular flexibility index (Phi) is 6.72. The minimum absolute atomic E-state index is 0.391. The second-order valence-corrected chi connectivity index (χ2v) is 6.44. The molecule has 1 saturated carbocycles. The molecular formula is C19H32N2. The van der Waals surface area contributed by atoms with Gasteiger partial charge in [0.05, 0.1) is 0 Å². The van der Waals surface area contributed by atoms with E-state index in [2.05, 4.69) is 43.0 Å². The molecule has 1 aliphatic carbocycles. The van der Waals surface area contributed by atoms with Crippen LogP contribution in [0.5, 0.6) is 0 Å². The number of nitrogens with two attached hydrogens (primary N) is 1. The van der Waals surface area contributed by atoms with Crippen molar-refractivity contribution in [2.75, 3.05) is 19.6 Å². The van der Waals surface area contributed by atoms with E-state index in [0.29, 0.717) is 6.04 Å². The van der Waals surface area contributed by atoms with Crippen LogP contribution in [0.3, 0.4) is 0 Å². The van der Waals surface area contributed by atoms with Crippen molar-refractivity contribution in [1.29, 1.82) is 0 Å². The van der Waals surface area contributed by atoms with Gasteiger partial charge in [0.2, 0.25) is 0 Å². The van der Waals surface area contributed by atoms with Crippen molar-refractivity contribution < 1.29 is 0 Å². The molecule has 0 saturated heterocycles. The molecular weight excluding hydrogens is 256 g/mol. The first-order chi connectivity index (χ1) is 10.3. The van der Waals surface area contributed by atoms with E-state index in [1.807, 2.05) is 0 Å². The van der Waals surface area contributed by atoms with E-state index in [4.69, 9.17) is 5.73 Å². The van der Waals surface area contributed by atoms with Gasteiger partial charge in [-0.25, -0.2) is 0 Å². The smallest absolute Gasteiger partial charge is 0.0470 e. The molecule has 1 aromatic rings. The summed E-state index contributed by atoms with van der Waals surface area (Å²) in [4.78, 5) is 2.61. The number of benzene rings is 1. The largest absolute Gasteiger partial charge is 0.329 e. The molecule has 0 amide bonds. The maximum Gasteiger partial charge on any atom is 0.0470 e. The van der Waals surface area contributed by atoms with Crippen molar-refractivity contribution >= 4 is 0 Å². The highest BCUT2D eigenvalue weighted by atomic mass is 15.2. The van der Waals surface area contributed by atoms with Crippen LogP contribution in [-0.4, -0.2) is 24.5 Å². The Hall–Kier alpha value is -0.860. The number of unbranched alkanes of at least 4 members (excludes halogenated alkanes) is 2. The lowest BCUT2D eigenvalue weighted by Crippen LogP contribution is -2.35. The zero-order valence-corrected chi connectivity index (χ0v) is 13.9. The Morgan fingerprint density at radius 2 is 1.81 bits per heavy atom. The van der Waals surface area contributed by atoms with E-state index in [1.165, 1.54) is 62.7 Å². The van der Waals surface area contributed by atoms with Crippen LogP contribution in [0.15, 0.2) is 24.3 Å². The second kappa shape index (κ2) is 8.55. The molecule has 118 valence electrons. The SMILES string of the molecule is CCCCN(CCCC)C(CN)c1cccc(C2CC2)c1. The summed E-state index contributed by atoms with van der Waals surface area (Å²) in [5.74, 6) is 0.822. The monoisotopic (exact) mass is 288 g/mol. The first kappa shape index (κ1) is 16.5. The van der Waals surface area contributed by atoms with Gasteiger partial charge in [0.25, 0.3) is 0 Å². The van der Waals surface area contributed by atoms with Crippen LogP contribution in [0.1, 0.15) is 75.5 Å². The van der Waals surface area contributed by atoms with Gasteiger partial charge in [0.15, 0.2) is 0 Å². The van der Waals surface area contributed by atoms with Crippen LogP contribution in [0.2, 0.25) is 0 Å². The molecule has 0 heterocycles. The fraction of sp³-hybridized carbons (Fsp3) is 0.684. The van der Waals surface area contributed by atoms with Gasteiger partial charge >= 0.3 is 0 Å². The van der Waals surface area contributed by atoms with Gasteiger partial charge in [-0.2, -0.15) is 0 Å². The van der Waals surface area contributed by atoms with Gasteiger partial charge < -0.3 is 5.73 Å². The number of rotatable bonds is 10. The van der Waals surface area contributed by atoms with E-state index < -0.39 is 0 Å². The summed E-state index contributed by atoms with van der Waals surface area (Å²) >= 11 is 0. The van der Waals surface area contributed by atoms with E-state index in [9.17, 15) is 0 Å². The first-order valence-electron chi connectivity index (χ1n) is 8.84. The average molecular weight is 288 g/mol. The predicted octanol–water partition coefficient (Wildman–Crippen LogP) is 4.47. The minimum atomic E-state index is 0.391. The molecule has 1 unspecified atom stereocenters. The van der Waals surface area contributed by atoms with E-state index >= 15 is 0 Å². The van der Waals surface area contributed by atoms with Crippen molar-refractivity contribution in [1.82, 2.24) is 4.90 Å². The van der Waals surface area contributed by atoms with E-state index in [0.717, 1.165) is 12.5 Å². The lowest BCUT2D eigenvalue weighted by atomic mass is 10.00. The molecule has 0 aliphatic heterocycles. The summed E-state index contributed by atoms with van der Waals surface area (Å²) in [5, 5.41) is 0. The van der Waals surface area contributed by atoms with Crippen LogP contribution in [0.4, 0.5) is 0 Å². The Bertz CT molecular complexity index is 404. The molecule has 0 aromatic heterocycles. The van der Waals surface area contributed by atoms with E-state index in [1.54, 1.807) is 0 Å². The van der Waals surface area contributed by atoms with Gasteiger partial charge in [-0.05, 0) is 55.8 Å². The quantitative estimate of drug-likeness (QED) is 0.688. The Labute approximate surface area is 130 Å². The van der Waals surface area contributed by atoms with Crippen LogP contribution in [0.25, 0.3) is 0 Å². The molecule has 0 radical (unpaired) electrons. The summed E-state index contributed by atoms with van der Waals surface area (Å²) in [6.45, 7) is 7.60. The zero-order valence-electron chi connectivity index (χ0n) is 13.9. The molecule has 2 rings (SSSR count). The van der Waals surface area contributed by atoms with Crippen molar-refractivity contribution in [3.05, 3.63) is 35.4 Å². The zero-order chi connectivity index (χ0) is 15.1. The molecule has 2 N–H and O–H groups in total. The summed E-state index contributed by atoms with van der Waals surface area (Å²) in [5.41, 5.74) is 9.10. The molecule has 0 spiro atoms. The van der Waals surface area contributed by atoms with Gasteiger partial charge in [0, 0.05) is 12.6 Å². The molecule has 2 heteroatoms. The number of nitrogens with zero attached hydrogens (tertiary/aromatic N) is 1. The maximum absolute atomic E-state index is 6.15. The third kappa shape index (κ3) is 4.82. The molecule has 1 fully saturated rings. The van der Waals surface area contributed by atoms with Crippen molar-refractivity contribution in [3.8, 4) is 0 Å². The van der Waals surface area contributed by atoms with Gasteiger partial charge in [0.1, 0.15) is 0 Å². The highest BCUT2D eigenvalue weighted by Crippen LogP contribution is 2.40. The minimum Gasteiger partial charge on any atom is -0.329 e. The number of hydrogen-bond acceptors (Lipinski definition) is 2. The summed E-state index contributed by atoms with van der Waals surface area (Å²) in [7, 11) is 0. The van der Waals surface area contributed by atoms with Gasteiger partial charge in [-0.15, -0.1) is 0 Å². The molecule has 1 aliphatic rings. The first-order valence-corrected chi connectivity index (χ1v) is 8.84. The fourth-order valence-corrected chi connectivity index (χ4v) is 3.08. The molecule has 1 aromatic carbocycles. The van der Waals surface area contributed by atoms with Crippen LogP contribution in [0, 0.1) is 0 Å². The van der Waals surface area contributed by atoms with Crippen LogP contribution in [-0.2, 0) is 0 Å². The maximum atomic E-state index is 6.15. The highest BCUT2D eigenvalue weighted by molar-refractivity contribution is 5.31. The summed E-state index contributed by atoms with van der Waals surface area (Å²) < 4.78 is 0. The molecule has 0 bridgehead atoms. The third-order valence-corrected chi connectivity index (χ3v) is 4.61. The lowest BCUT2D eigenvalue weighted by molar-refractivity contribution is 0.195. The highest BCUT2D eigenvalue weighted by Gasteiger charge is 2.25. The average Bonchev–Trinajstić information content (AvgIpc) is 3.35.